The number of esters is 1. The van der Waals surface area contributed by atoms with Crippen LogP contribution in [0.5, 0.6) is 0 Å². The Labute approximate surface area is 175 Å². The summed E-state index contributed by atoms with van der Waals surface area (Å²) in [7, 11) is -1.78. The van der Waals surface area contributed by atoms with Crippen molar-refractivity contribution in [2.45, 2.75) is 135 Å². The monoisotopic (exact) mass is 408 g/mol. The Morgan fingerprint density at radius 1 is 1.11 bits per heavy atom. The SMILES string of the molecule is CCCCCC1CCCCCC(O[Si](C)(C)C(C)(C)C)CC#CCCC(=O)O1. The topological polar surface area (TPSA) is 35.5 Å². The number of hydrogen-bond acceptors (Lipinski definition) is 3. The van der Waals surface area contributed by atoms with Gasteiger partial charge in [-0.25, -0.2) is 0 Å². The summed E-state index contributed by atoms with van der Waals surface area (Å²) < 4.78 is 12.4. The van der Waals surface area contributed by atoms with Crippen LogP contribution in [0.15, 0.2) is 0 Å². The fraction of sp³-hybridized carbons (Fsp3) is 0.875. The summed E-state index contributed by atoms with van der Waals surface area (Å²) in [5.41, 5.74) is 0. The van der Waals surface area contributed by atoms with E-state index in [0.717, 1.165) is 44.9 Å². The highest BCUT2D eigenvalue weighted by atomic mass is 28.4. The summed E-state index contributed by atoms with van der Waals surface area (Å²) in [6, 6.07) is 0. The number of hydrogen-bond donors (Lipinski definition) is 0. The van der Waals surface area contributed by atoms with Gasteiger partial charge in [0.2, 0.25) is 0 Å². The van der Waals surface area contributed by atoms with Gasteiger partial charge in [-0.05, 0) is 50.2 Å². The Kier molecular flexibility index (Phi) is 11.5. The van der Waals surface area contributed by atoms with Crippen LogP contribution in [0.2, 0.25) is 18.1 Å². The van der Waals surface area contributed by atoms with Crippen molar-refractivity contribution in [1.29, 1.82) is 0 Å². The number of cyclic esters (lactones) is 1. The molecule has 162 valence electrons. The molecule has 0 saturated heterocycles. The third kappa shape index (κ3) is 10.1. The lowest BCUT2D eigenvalue weighted by molar-refractivity contribution is -0.149. The lowest BCUT2D eigenvalue weighted by atomic mass is 10.0. The van der Waals surface area contributed by atoms with E-state index in [1.807, 2.05) is 0 Å². The van der Waals surface area contributed by atoms with Crippen molar-refractivity contribution >= 4 is 14.3 Å². The molecular formula is C24H44O3Si. The molecule has 0 aromatic carbocycles. The lowest BCUT2D eigenvalue weighted by Crippen LogP contribution is -2.43. The van der Waals surface area contributed by atoms with Crippen molar-refractivity contribution in [3.8, 4) is 11.8 Å². The molecule has 3 nitrogen and oxygen atoms in total. The lowest BCUT2D eigenvalue weighted by Gasteiger charge is -2.39. The number of carbonyl (C=O) groups is 1. The fourth-order valence-corrected chi connectivity index (χ4v) is 4.67. The smallest absolute Gasteiger partial charge is 0.307 e. The number of unbranched alkanes of at least 4 members (excludes halogenated alkanes) is 2. The summed E-state index contributed by atoms with van der Waals surface area (Å²) in [5.74, 6) is 6.37. The highest BCUT2D eigenvalue weighted by molar-refractivity contribution is 6.74. The van der Waals surface area contributed by atoms with Crippen molar-refractivity contribution < 1.29 is 14.0 Å². The van der Waals surface area contributed by atoms with Crippen LogP contribution < -0.4 is 0 Å². The van der Waals surface area contributed by atoms with E-state index >= 15 is 0 Å². The Morgan fingerprint density at radius 2 is 1.82 bits per heavy atom. The third-order valence-corrected chi connectivity index (χ3v) is 10.7. The van der Waals surface area contributed by atoms with Crippen molar-refractivity contribution in [3.05, 3.63) is 0 Å². The third-order valence-electron chi connectivity index (χ3n) is 6.16. The molecule has 1 aliphatic heterocycles. The zero-order chi connectivity index (χ0) is 21.0. The largest absolute Gasteiger partial charge is 0.462 e. The van der Waals surface area contributed by atoms with Gasteiger partial charge in [0.25, 0.3) is 0 Å². The second kappa shape index (κ2) is 12.7. The highest BCUT2D eigenvalue weighted by Crippen LogP contribution is 2.38. The first-order valence-electron chi connectivity index (χ1n) is 11.5. The van der Waals surface area contributed by atoms with E-state index in [4.69, 9.17) is 9.16 Å². The van der Waals surface area contributed by atoms with Crippen LogP contribution in [-0.2, 0) is 14.0 Å². The van der Waals surface area contributed by atoms with Gasteiger partial charge >= 0.3 is 5.97 Å². The first-order valence-corrected chi connectivity index (χ1v) is 14.4. The highest BCUT2D eigenvalue weighted by Gasteiger charge is 2.38. The van der Waals surface area contributed by atoms with Crippen LogP contribution in [-0.4, -0.2) is 26.5 Å². The van der Waals surface area contributed by atoms with Crippen LogP contribution in [0.25, 0.3) is 0 Å². The first kappa shape index (κ1) is 25.2. The second-order valence-electron chi connectivity index (χ2n) is 9.80. The number of ether oxygens (including phenoxy) is 1. The van der Waals surface area contributed by atoms with Gasteiger partial charge < -0.3 is 9.16 Å². The molecule has 0 N–H and O–H groups in total. The molecule has 2 unspecified atom stereocenters. The molecule has 0 amide bonds. The maximum Gasteiger partial charge on any atom is 0.307 e. The van der Waals surface area contributed by atoms with E-state index in [1.165, 1.54) is 19.3 Å². The van der Waals surface area contributed by atoms with Crippen molar-refractivity contribution in [3.63, 3.8) is 0 Å². The Hall–Kier alpha value is -0.793. The average molecular weight is 409 g/mol. The van der Waals surface area contributed by atoms with Gasteiger partial charge in [0.05, 0.1) is 12.5 Å². The van der Waals surface area contributed by atoms with Crippen LogP contribution >= 0.6 is 0 Å². The fourth-order valence-electron chi connectivity index (χ4n) is 3.28. The Balaban J connectivity index is 2.68. The molecule has 2 atom stereocenters. The van der Waals surface area contributed by atoms with E-state index in [0.29, 0.717) is 12.8 Å². The molecule has 1 heterocycles. The number of carbonyl (C=O) groups excluding carboxylic acids is 1. The average Bonchev–Trinajstić information content (AvgIpc) is 2.59. The quantitative estimate of drug-likeness (QED) is 0.205. The van der Waals surface area contributed by atoms with Crippen molar-refractivity contribution in [1.82, 2.24) is 0 Å². The van der Waals surface area contributed by atoms with Gasteiger partial charge in [0.15, 0.2) is 8.32 Å². The van der Waals surface area contributed by atoms with Crippen LogP contribution in [0.3, 0.4) is 0 Å². The molecule has 1 rings (SSSR count). The molecule has 1 aliphatic rings. The van der Waals surface area contributed by atoms with Gasteiger partial charge in [0.1, 0.15) is 6.10 Å². The standard InChI is InChI=1S/C24H44O3Si/c1-7-8-11-16-21-17-12-9-13-18-22(27-28(5,6)24(2,3)4)19-14-10-15-20-23(25)26-21/h21-22H,7-9,11-13,15-20H2,1-6H3. The summed E-state index contributed by atoms with van der Waals surface area (Å²) in [5, 5.41) is 0.217. The minimum absolute atomic E-state index is 0.0815. The van der Waals surface area contributed by atoms with Crippen molar-refractivity contribution in [2.75, 3.05) is 0 Å². The van der Waals surface area contributed by atoms with Crippen LogP contribution in [0.4, 0.5) is 0 Å². The van der Waals surface area contributed by atoms with Gasteiger partial charge in [-0.2, -0.15) is 0 Å². The van der Waals surface area contributed by atoms with E-state index in [2.05, 4.69) is 52.6 Å². The maximum atomic E-state index is 12.1. The minimum Gasteiger partial charge on any atom is -0.462 e. The zero-order valence-corrected chi connectivity index (χ0v) is 20.4. The van der Waals surface area contributed by atoms with Gasteiger partial charge in [-0.1, -0.05) is 53.4 Å². The van der Waals surface area contributed by atoms with Crippen LogP contribution in [0.1, 0.15) is 105 Å². The summed E-state index contributed by atoms with van der Waals surface area (Å²) in [4.78, 5) is 12.1. The second-order valence-corrected chi connectivity index (χ2v) is 14.6. The molecule has 0 aromatic heterocycles. The van der Waals surface area contributed by atoms with E-state index in [-0.39, 0.29) is 23.2 Å². The van der Waals surface area contributed by atoms with Gasteiger partial charge in [-0.3, -0.25) is 4.79 Å². The molecule has 0 radical (unpaired) electrons. The summed E-state index contributed by atoms with van der Waals surface area (Å²) >= 11 is 0. The molecule has 0 saturated carbocycles. The van der Waals surface area contributed by atoms with Crippen molar-refractivity contribution in [2.24, 2.45) is 0 Å². The minimum atomic E-state index is -1.78. The van der Waals surface area contributed by atoms with E-state index in [1.54, 1.807) is 0 Å². The summed E-state index contributed by atoms with van der Waals surface area (Å²) in [6.07, 6.45) is 12.2. The Bertz CT molecular complexity index is 510. The molecule has 0 aromatic rings. The number of rotatable bonds is 6. The molecule has 0 spiro atoms. The normalized spacial score (nSPS) is 23.3. The van der Waals surface area contributed by atoms with E-state index < -0.39 is 8.32 Å². The first-order chi connectivity index (χ1) is 13.2. The van der Waals surface area contributed by atoms with Crippen LogP contribution in [0, 0.1) is 11.8 Å². The molecular weight excluding hydrogens is 364 g/mol. The predicted molar refractivity (Wildman–Crippen MR) is 121 cm³/mol. The predicted octanol–water partition coefficient (Wildman–Crippen LogP) is 7.01. The maximum absolute atomic E-state index is 12.1. The van der Waals surface area contributed by atoms with Gasteiger partial charge in [-0.15, -0.1) is 11.8 Å². The molecule has 28 heavy (non-hydrogen) atoms. The molecule has 4 heteroatoms. The van der Waals surface area contributed by atoms with Gasteiger partial charge in [0, 0.05) is 12.8 Å². The molecule has 0 aliphatic carbocycles. The van der Waals surface area contributed by atoms with E-state index in [9.17, 15) is 4.79 Å². The molecule has 0 bridgehead atoms. The zero-order valence-electron chi connectivity index (χ0n) is 19.4. The molecule has 0 fully saturated rings. The Morgan fingerprint density at radius 3 is 2.50 bits per heavy atom. The summed E-state index contributed by atoms with van der Waals surface area (Å²) in [6.45, 7) is 13.7.